The van der Waals surface area contributed by atoms with Gasteiger partial charge in [0.1, 0.15) is 12.6 Å². The Morgan fingerprint density at radius 1 is 1.06 bits per heavy atom. The smallest absolute Gasteiger partial charge is 0.407 e. The summed E-state index contributed by atoms with van der Waals surface area (Å²) in [5, 5.41) is 14.7. The number of alkyl carbamates (subject to hydrolysis) is 1. The first kappa shape index (κ1) is 23.8. The third-order valence-electron chi connectivity index (χ3n) is 6.32. The van der Waals surface area contributed by atoms with Crippen LogP contribution < -0.4 is 10.6 Å². The van der Waals surface area contributed by atoms with Crippen LogP contribution in [0.3, 0.4) is 0 Å². The van der Waals surface area contributed by atoms with Crippen molar-refractivity contribution >= 4 is 18.0 Å². The van der Waals surface area contributed by atoms with Gasteiger partial charge in [-0.2, -0.15) is 0 Å². The van der Waals surface area contributed by atoms with Gasteiger partial charge in [0.05, 0.1) is 6.04 Å². The molecule has 34 heavy (non-hydrogen) atoms. The highest BCUT2D eigenvalue weighted by Crippen LogP contribution is 2.44. The molecule has 0 radical (unpaired) electrons. The molecule has 2 aromatic rings. The van der Waals surface area contributed by atoms with E-state index in [9.17, 15) is 19.5 Å². The molecule has 0 bridgehead atoms. The number of rotatable bonds is 8. The largest absolute Gasteiger partial charge is 0.479 e. The minimum atomic E-state index is -1.12. The Morgan fingerprint density at radius 2 is 1.68 bits per heavy atom. The molecule has 0 spiro atoms. The molecule has 0 unspecified atom stereocenters. The lowest BCUT2D eigenvalue weighted by Gasteiger charge is -2.24. The van der Waals surface area contributed by atoms with Crippen molar-refractivity contribution in [1.82, 2.24) is 10.6 Å². The monoisotopic (exact) mass is 466 g/mol. The minimum Gasteiger partial charge on any atom is -0.479 e. The normalized spacial score (nSPS) is 19.9. The molecule has 2 aliphatic rings. The molecule has 8 nitrogen and oxygen atoms in total. The molecule has 3 N–H and O–H groups in total. The van der Waals surface area contributed by atoms with Gasteiger partial charge in [0.2, 0.25) is 5.91 Å². The summed E-state index contributed by atoms with van der Waals surface area (Å²) in [6, 6.07) is 14.7. The molecule has 180 valence electrons. The van der Waals surface area contributed by atoms with Gasteiger partial charge in [-0.3, -0.25) is 4.79 Å². The van der Waals surface area contributed by atoms with E-state index in [0.717, 1.165) is 22.3 Å². The number of carbonyl (C=O) groups excluding carboxylic acids is 2. The molecular weight excluding hydrogens is 436 g/mol. The Hall–Kier alpha value is -3.39. The molecule has 1 aliphatic heterocycles. The fourth-order valence-electron chi connectivity index (χ4n) is 4.75. The van der Waals surface area contributed by atoms with Gasteiger partial charge in [-0.05, 0) is 41.0 Å². The van der Waals surface area contributed by atoms with Crippen molar-refractivity contribution in [3.63, 3.8) is 0 Å². The molecule has 2 aromatic carbocycles. The van der Waals surface area contributed by atoms with E-state index in [-0.39, 0.29) is 25.0 Å². The Bertz CT molecular complexity index is 1020. The highest BCUT2D eigenvalue weighted by molar-refractivity contribution is 5.87. The van der Waals surface area contributed by atoms with Crippen molar-refractivity contribution < 1.29 is 29.0 Å². The maximum absolute atomic E-state index is 12.9. The summed E-state index contributed by atoms with van der Waals surface area (Å²) in [7, 11) is 0. The topological polar surface area (TPSA) is 114 Å². The lowest BCUT2D eigenvalue weighted by Crippen LogP contribution is -2.53. The second kappa shape index (κ2) is 10.3. The molecule has 8 heteroatoms. The zero-order chi connectivity index (χ0) is 24.2. The number of hydrogen-bond donors (Lipinski definition) is 3. The third-order valence-corrected chi connectivity index (χ3v) is 6.32. The number of benzene rings is 2. The van der Waals surface area contributed by atoms with Crippen LogP contribution in [0.4, 0.5) is 4.79 Å². The third kappa shape index (κ3) is 5.07. The molecule has 2 amide bonds. The van der Waals surface area contributed by atoms with Crippen LogP contribution in [-0.2, 0) is 19.1 Å². The molecule has 1 aliphatic carbocycles. The predicted molar refractivity (Wildman–Crippen MR) is 125 cm³/mol. The highest BCUT2D eigenvalue weighted by Gasteiger charge is 2.37. The van der Waals surface area contributed by atoms with Crippen molar-refractivity contribution in [1.29, 1.82) is 0 Å². The molecule has 1 fully saturated rings. The van der Waals surface area contributed by atoms with Gasteiger partial charge >= 0.3 is 12.1 Å². The summed E-state index contributed by atoms with van der Waals surface area (Å²) < 4.78 is 10.8. The van der Waals surface area contributed by atoms with E-state index in [1.54, 1.807) is 0 Å². The van der Waals surface area contributed by atoms with Crippen LogP contribution in [0.1, 0.15) is 43.7 Å². The lowest BCUT2D eigenvalue weighted by molar-refractivity contribution is -0.148. The van der Waals surface area contributed by atoms with Crippen molar-refractivity contribution in [3.8, 4) is 11.1 Å². The number of fused-ring (bicyclic) bond motifs is 3. The van der Waals surface area contributed by atoms with E-state index in [4.69, 9.17) is 9.47 Å². The molecule has 0 aromatic heterocycles. The van der Waals surface area contributed by atoms with Crippen LogP contribution >= 0.6 is 0 Å². The fourth-order valence-corrected chi connectivity index (χ4v) is 4.75. The van der Waals surface area contributed by atoms with Crippen LogP contribution in [0, 0.1) is 5.92 Å². The SMILES string of the molecule is CC(C)C[C@@H](NC(=O)OCC1c2ccccc2-c2ccccc21)C(=O)N[C@@H]1CCO[C@@H]1C(=O)O. The Labute approximate surface area is 198 Å². The number of aliphatic carboxylic acids is 1. The van der Waals surface area contributed by atoms with E-state index >= 15 is 0 Å². The standard InChI is InChI=1S/C26H30N2O6/c1-15(2)13-22(24(29)27-21-11-12-33-23(21)25(30)31)28-26(32)34-14-20-18-9-5-3-7-16(18)17-8-4-6-10-19(17)20/h3-10,15,20-23H,11-14H2,1-2H3,(H,27,29)(H,28,32)(H,30,31)/t21-,22-,23+/m1/s1. The van der Waals surface area contributed by atoms with Gasteiger partial charge in [-0.1, -0.05) is 62.4 Å². The Kier molecular flexibility index (Phi) is 7.17. The minimum absolute atomic E-state index is 0.0810. The first-order valence-electron chi connectivity index (χ1n) is 11.6. The zero-order valence-electron chi connectivity index (χ0n) is 19.3. The van der Waals surface area contributed by atoms with Crippen LogP contribution in [0.2, 0.25) is 0 Å². The van der Waals surface area contributed by atoms with E-state index in [1.165, 1.54) is 0 Å². The van der Waals surface area contributed by atoms with Crippen molar-refractivity contribution in [2.24, 2.45) is 5.92 Å². The second-order valence-electron chi connectivity index (χ2n) is 9.19. The van der Waals surface area contributed by atoms with Crippen LogP contribution in [0.15, 0.2) is 48.5 Å². The van der Waals surface area contributed by atoms with Gasteiger partial charge in [0.25, 0.3) is 0 Å². The summed E-state index contributed by atoms with van der Waals surface area (Å²) in [5.41, 5.74) is 4.48. The van der Waals surface area contributed by atoms with Crippen molar-refractivity contribution in [2.45, 2.75) is 50.8 Å². The molecule has 1 saturated heterocycles. The second-order valence-corrected chi connectivity index (χ2v) is 9.19. The summed E-state index contributed by atoms with van der Waals surface area (Å²) in [4.78, 5) is 36.9. The van der Waals surface area contributed by atoms with Crippen molar-refractivity contribution in [2.75, 3.05) is 13.2 Å². The van der Waals surface area contributed by atoms with Crippen LogP contribution in [0.5, 0.6) is 0 Å². The summed E-state index contributed by atoms with van der Waals surface area (Å²) in [6.45, 7) is 4.29. The van der Waals surface area contributed by atoms with E-state index in [1.807, 2.05) is 50.2 Å². The molecular formula is C26H30N2O6. The summed E-state index contributed by atoms with van der Waals surface area (Å²) in [5.74, 6) is -1.51. The van der Waals surface area contributed by atoms with Crippen molar-refractivity contribution in [3.05, 3.63) is 59.7 Å². The van der Waals surface area contributed by atoms with E-state index < -0.39 is 36.2 Å². The number of carboxylic acid groups (broad SMARTS) is 1. The average Bonchev–Trinajstić information content (AvgIpc) is 3.39. The number of ether oxygens (including phenoxy) is 2. The number of hydrogen-bond acceptors (Lipinski definition) is 5. The van der Waals surface area contributed by atoms with Gasteiger partial charge in [0, 0.05) is 12.5 Å². The summed E-state index contributed by atoms with van der Waals surface area (Å²) >= 11 is 0. The van der Waals surface area contributed by atoms with Gasteiger partial charge < -0.3 is 25.2 Å². The predicted octanol–water partition coefficient (Wildman–Crippen LogP) is 3.30. The molecule has 3 atom stereocenters. The zero-order valence-corrected chi connectivity index (χ0v) is 19.3. The van der Waals surface area contributed by atoms with E-state index in [0.29, 0.717) is 12.8 Å². The Morgan fingerprint density at radius 3 is 2.26 bits per heavy atom. The Balaban J connectivity index is 1.40. The number of carboxylic acids is 1. The van der Waals surface area contributed by atoms with Crippen LogP contribution in [0.25, 0.3) is 11.1 Å². The van der Waals surface area contributed by atoms with Crippen LogP contribution in [-0.4, -0.2) is 54.5 Å². The quantitative estimate of drug-likeness (QED) is 0.550. The summed E-state index contributed by atoms with van der Waals surface area (Å²) in [6.07, 6.45) is -0.971. The fraction of sp³-hybridized carbons (Fsp3) is 0.423. The van der Waals surface area contributed by atoms with Gasteiger partial charge in [-0.25, -0.2) is 9.59 Å². The number of amides is 2. The van der Waals surface area contributed by atoms with Gasteiger partial charge in [0.15, 0.2) is 6.10 Å². The molecule has 4 rings (SSSR count). The van der Waals surface area contributed by atoms with E-state index in [2.05, 4.69) is 22.8 Å². The average molecular weight is 467 g/mol. The maximum Gasteiger partial charge on any atom is 0.407 e. The molecule has 0 saturated carbocycles. The maximum atomic E-state index is 12.9. The van der Waals surface area contributed by atoms with Gasteiger partial charge in [-0.15, -0.1) is 0 Å². The highest BCUT2D eigenvalue weighted by atomic mass is 16.5. The first-order valence-corrected chi connectivity index (χ1v) is 11.6. The number of carbonyl (C=O) groups is 3. The molecule has 1 heterocycles. The number of nitrogens with one attached hydrogen (secondary N) is 2. The first-order chi connectivity index (χ1) is 16.3. The lowest BCUT2D eigenvalue weighted by atomic mass is 9.98.